The Bertz CT molecular complexity index is 1230. The Morgan fingerprint density at radius 3 is 2.48 bits per heavy atom. The van der Waals surface area contributed by atoms with Crippen LogP contribution in [0.1, 0.15) is 15.9 Å². The minimum absolute atomic E-state index is 0.0909. The molecule has 2 aromatic heterocycles. The third kappa shape index (κ3) is 4.19. The van der Waals surface area contributed by atoms with Crippen LogP contribution in [0, 0.1) is 0 Å². The standard InChI is InChI=1S/C25H23N3O3/c1-28(16-18-8-9-19(30-2)14-24(18)31-3)25(29)21-15-23(17-10-12-26-13-11-17)27-22-7-5-4-6-20(21)22/h4-15H,16H2,1-3H3. The van der Waals surface area contributed by atoms with Crippen LogP contribution in [0.2, 0.25) is 0 Å². The molecule has 0 saturated heterocycles. The lowest BCUT2D eigenvalue weighted by Crippen LogP contribution is -2.26. The first-order valence-corrected chi connectivity index (χ1v) is 9.87. The molecule has 0 aliphatic rings. The maximum atomic E-state index is 13.5. The topological polar surface area (TPSA) is 64.5 Å². The zero-order valence-electron chi connectivity index (χ0n) is 17.7. The van der Waals surface area contributed by atoms with Crippen LogP contribution in [0.15, 0.2) is 73.1 Å². The fourth-order valence-electron chi connectivity index (χ4n) is 3.54. The van der Waals surface area contributed by atoms with E-state index in [1.807, 2.05) is 60.7 Å². The van der Waals surface area contributed by atoms with Crippen LogP contribution < -0.4 is 9.47 Å². The van der Waals surface area contributed by atoms with Gasteiger partial charge >= 0.3 is 0 Å². The summed E-state index contributed by atoms with van der Waals surface area (Å²) in [5.41, 5.74) is 3.92. The van der Waals surface area contributed by atoms with E-state index in [4.69, 9.17) is 14.5 Å². The smallest absolute Gasteiger partial charge is 0.254 e. The predicted octanol–water partition coefficient (Wildman–Crippen LogP) is 4.59. The van der Waals surface area contributed by atoms with Gasteiger partial charge < -0.3 is 14.4 Å². The molecular weight excluding hydrogens is 390 g/mol. The van der Waals surface area contributed by atoms with Gasteiger partial charge in [-0.3, -0.25) is 9.78 Å². The highest BCUT2D eigenvalue weighted by Crippen LogP contribution is 2.28. The minimum atomic E-state index is -0.0909. The lowest BCUT2D eigenvalue weighted by molar-refractivity contribution is 0.0786. The number of aromatic nitrogens is 2. The molecule has 0 saturated carbocycles. The molecule has 2 aromatic carbocycles. The van der Waals surface area contributed by atoms with Crippen molar-refractivity contribution in [2.75, 3.05) is 21.3 Å². The van der Waals surface area contributed by atoms with Crippen molar-refractivity contribution in [2.45, 2.75) is 6.54 Å². The zero-order chi connectivity index (χ0) is 21.8. The Balaban J connectivity index is 1.72. The van der Waals surface area contributed by atoms with Gasteiger partial charge in [0.2, 0.25) is 0 Å². The molecule has 0 unspecified atom stereocenters. The van der Waals surface area contributed by atoms with E-state index in [9.17, 15) is 4.79 Å². The number of para-hydroxylation sites is 1. The third-order valence-corrected chi connectivity index (χ3v) is 5.17. The molecule has 0 radical (unpaired) electrons. The molecule has 0 bridgehead atoms. The SMILES string of the molecule is COc1ccc(CN(C)C(=O)c2cc(-c3ccncc3)nc3ccccc23)c(OC)c1. The number of rotatable bonds is 6. The van der Waals surface area contributed by atoms with Crippen LogP contribution in [0.3, 0.4) is 0 Å². The van der Waals surface area contributed by atoms with Crippen LogP contribution >= 0.6 is 0 Å². The van der Waals surface area contributed by atoms with Crippen molar-refractivity contribution in [3.05, 3.63) is 84.2 Å². The van der Waals surface area contributed by atoms with Crippen molar-refractivity contribution in [3.63, 3.8) is 0 Å². The number of carbonyl (C=O) groups excluding carboxylic acids is 1. The number of nitrogens with zero attached hydrogens (tertiary/aromatic N) is 3. The van der Waals surface area contributed by atoms with Gasteiger partial charge in [-0.25, -0.2) is 4.98 Å². The number of benzene rings is 2. The van der Waals surface area contributed by atoms with E-state index < -0.39 is 0 Å². The molecule has 1 amide bonds. The van der Waals surface area contributed by atoms with Crippen molar-refractivity contribution in [1.29, 1.82) is 0 Å². The van der Waals surface area contributed by atoms with Crippen molar-refractivity contribution >= 4 is 16.8 Å². The zero-order valence-corrected chi connectivity index (χ0v) is 17.7. The largest absolute Gasteiger partial charge is 0.497 e. The Labute approximate surface area is 181 Å². The number of pyridine rings is 2. The van der Waals surface area contributed by atoms with Gasteiger partial charge in [0.1, 0.15) is 11.5 Å². The van der Waals surface area contributed by atoms with Crippen molar-refractivity contribution in [3.8, 4) is 22.8 Å². The number of amides is 1. The third-order valence-electron chi connectivity index (χ3n) is 5.17. The summed E-state index contributed by atoms with van der Waals surface area (Å²) in [7, 11) is 5.00. The molecule has 6 heteroatoms. The maximum Gasteiger partial charge on any atom is 0.254 e. The molecule has 0 N–H and O–H groups in total. The lowest BCUT2D eigenvalue weighted by Gasteiger charge is -2.20. The number of methoxy groups -OCH3 is 2. The van der Waals surface area contributed by atoms with Crippen LogP contribution in [0.5, 0.6) is 11.5 Å². The summed E-state index contributed by atoms with van der Waals surface area (Å²) in [4.78, 5) is 24.0. The summed E-state index contributed by atoms with van der Waals surface area (Å²) in [5.74, 6) is 1.29. The molecule has 4 rings (SSSR count). The second kappa shape index (κ2) is 8.83. The van der Waals surface area contributed by atoms with Crippen LogP contribution in [-0.2, 0) is 6.54 Å². The lowest BCUT2D eigenvalue weighted by atomic mass is 10.0. The summed E-state index contributed by atoms with van der Waals surface area (Å²) in [5, 5.41) is 0.818. The normalized spacial score (nSPS) is 10.7. The van der Waals surface area contributed by atoms with E-state index >= 15 is 0 Å². The van der Waals surface area contributed by atoms with E-state index in [-0.39, 0.29) is 5.91 Å². The first-order valence-electron chi connectivity index (χ1n) is 9.87. The van der Waals surface area contributed by atoms with E-state index in [0.29, 0.717) is 23.6 Å². The maximum absolute atomic E-state index is 13.5. The Morgan fingerprint density at radius 1 is 0.968 bits per heavy atom. The quantitative estimate of drug-likeness (QED) is 0.463. The van der Waals surface area contributed by atoms with Gasteiger partial charge in [0, 0.05) is 48.6 Å². The summed E-state index contributed by atoms with van der Waals surface area (Å²) in [6.45, 7) is 0.396. The van der Waals surface area contributed by atoms with E-state index in [0.717, 1.165) is 27.7 Å². The highest BCUT2D eigenvalue weighted by Gasteiger charge is 2.19. The molecule has 2 heterocycles. The first-order chi connectivity index (χ1) is 15.1. The highest BCUT2D eigenvalue weighted by molar-refractivity contribution is 6.07. The summed E-state index contributed by atoms with van der Waals surface area (Å²) < 4.78 is 10.8. The average molecular weight is 413 g/mol. The van der Waals surface area contributed by atoms with Gasteiger partial charge in [-0.2, -0.15) is 0 Å². The average Bonchev–Trinajstić information content (AvgIpc) is 2.83. The van der Waals surface area contributed by atoms with Crippen LogP contribution in [0.25, 0.3) is 22.2 Å². The Morgan fingerprint density at radius 2 is 1.74 bits per heavy atom. The molecule has 31 heavy (non-hydrogen) atoms. The van der Waals surface area contributed by atoms with Gasteiger partial charge in [0.05, 0.1) is 31.0 Å². The van der Waals surface area contributed by atoms with E-state index in [1.54, 1.807) is 38.6 Å². The van der Waals surface area contributed by atoms with Crippen LogP contribution in [-0.4, -0.2) is 42.0 Å². The Kier molecular flexibility index (Phi) is 5.80. The number of hydrogen-bond acceptors (Lipinski definition) is 5. The molecule has 0 atom stereocenters. The van der Waals surface area contributed by atoms with Crippen molar-refractivity contribution in [1.82, 2.24) is 14.9 Å². The molecule has 4 aromatic rings. The van der Waals surface area contributed by atoms with E-state index in [1.165, 1.54) is 0 Å². The number of ether oxygens (including phenoxy) is 2. The molecule has 0 aliphatic heterocycles. The summed E-state index contributed by atoms with van der Waals surface area (Å²) in [6.07, 6.45) is 3.44. The number of hydrogen-bond donors (Lipinski definition) is 0. The monoisotopic (exact) mass is 413 g/mol. The summed E-state index contributed by atoms with van der Waals surface area (Å²) >= 11 is 0. The highest BCUT2D eigenvalue weighted by atomic mass is 16.5. The predicted molar refractivity (Wildman–Crippen MR) is 120 cm³/mol. The van der Waals surface area contributed by atoms with Crippen molar-refractivity contribution in [2.24, 2.45) is 0 Å². The van der Waals surface area contributed by atoms with Gasteiger partial charge in [0.15, 0.2) is 0 Å². The van der Waals surface area contributed by atoms with E-state index in [2.05, 4.69) is 4.98 Å². The van der Waals surface area contributed by atoms with Gasteiger partial charge in [0.25, 0.3) is 5.91 Å². The molecule has 6 nitrogen and oxygen atoms in total. The molecule has 0 spiro atoms. The molecule has 0 aliphatic carbocycles. The number of fused-ring (bicyclic) bond motifs is 1. The Hall–Kier alpha value is -3.93. The summed E-state index contributed by atoms with van der Waals surface area (Å²) in [6, 6.07) is 18.9. The van der Waals surface area contributed by atoms with Gasteiger partial charge in [-0.15, -0.1) is 0 Å². The van der Waals surface area contributed by atoms with Crippen LogP contribution in [0.4, 0.5) is 0 Å². The number of carbonyl (C=O) groups is 1. The second-order valence-corrected chi connectivity index (χ2v) is 7.15. The first kappa shape index (κ1) is 20.3. The van der Waals surface area contributed by atoms with Gasteiger partial charge in [-0.05, 0) is 36.4 Å². The molecular formula is C25H23N3O3. The van der Waals surface area contributed by atoms with Gasteiger partial charge in [-0.1, -0.05) is 18.2 Å². The fraction of sp³-hybridized carbons (Fsp3) is 0.160. The minimum Gasteiger partial charge on any atom is -0.497 e. The fourth-order valence-corrected chi connectivity index (χ4v) is 3.54. The van der Waals surface area contributed by atoms with Crippen molar-refractivity contribution < 1.29 is 14.3 Å². The second-order valence-electron chi connectivity index (χ2n) is 7.15. The molecule has 0 fully saturated rings. The molecule has 156 valence electrons.